The molecule has 34 heavy (non-hydrogen) atoms. The molecule has 192 valence electrons. The number of hydrogen-bond acceptors (Lipinski definition) is 9. The number of amides is 3. The van der Waals surface area contributed by atoms with Crippen LogP contribution in [0.4, 0.5) is 0 Å². The van der Waals surface area contributed by atoms with E-state index in [0.717, 1.165) is 0 Å². The van der Waals surface area contributed by atoms with Gasteiger partial charge in [0.05, 0.1) is 25.3 Å². The Morgan fingerprint density at radius 3 is 1.38 bits per heavy atom. The maximum Gasteiger partial charge on any atom is 0.326 e. The first-order valence-corrected chi connectivity index (χ1v) is 10.0. The van der Waals surface area contributed by atoms with Crippen molar-refractivity contribution in [3.63, 3.8) is 0 Å². The summed E-state index contributed by atoms with van der Waals surface area (Å²) in [6.45, 7) is 0.362. The number of nitrogens with one attached hydrogen (secondary N) is 3. The van der Waals surface area contributed by atoms with Crippen LogP contribution in [0.15, 0.2) is 0 Å². The van der Waals surface area contributed by atoms with Crippen molar-refractivity contribution >= 4 is 41.6 Å². The minimum absolute atomic E-state index is 0.189. The van der Waals surface area contributed by atoms with Gasteiger partial charge in [-0.05, 0) is 19.4 Å². The van der Waals surface area contributed by atoms with E-state index >= 15 is 0 Å². The highest BCUT2D eigenvalue weighted by Crippen LogP contribution is 2.03. The maximum atomic E-state index is 12.6. The van der Waals surface area contributed by atoms with Crippen LogP contribution in [0.5, 0.6) is 0 Å². The van der Waals surface area contributed by atoms with Gasteiger partial charge >= 0.3 is 23.9 Å². The Kier molecular flexibility index (Phi) is 13.4. The lowest BCUT2D eigenvalue weighted by Crippen LogP contribution is -2.58. The molecule has 0 fully saturated rings. The van der Waals surface area contributed by atoms with E-state index in [1.165, 1.54) is 0 Å². The van der Waals surface area contributed by atoms with Crippen molar-refractivity contribution in [2.24, 2.45) is 11.5 Å². The van der Waals surface area contributed by atoms with Gasteiger partial charge in [0, 0.05) is 0 Å². The van der Waals surface area contributed by atoms with E-state index in [4.69, 9.17) is 31.9 Å². The molecule has 0 aliphatic rings. The molecule has 0 bridgehead atoms. The van der Waals surface area contributed by atoms with Crippen LogP contribution in [0.3, 0.4) is 0 Å². The zero-order chi connectivity index (χ0) is 26.4. The molecule has 4 atom stereocenters. The summed E-state index contributed by atoms with van der Waals surface area (Å²) in [4.78, 5) is 81.3. The van der Waals surface area contributed by atoms with E-state index < -0.39 is 85.0 Å². The second kappa shape index (κ2) is 15.1. The molecule has 0 aromatic carbocycles. The molecule has 0 rings (SSSR count). The topological polar surface area (TPSA) is 289 Å². The van der Waals surface area contributed by atoms with Crippen molar-refractivity contribution in [2.75, 3.05) is 6.54 Å². The van der Waals surface area contributed by atoms with Crippen LogP contribution in [0.1, 0.15) is 38.5 Å². The summed E-state index contributed by atoms with van der Waals surface area (Å²) in [6.07, 6.45) is -1.77. The van der Waals surface area contributed by atoms with Crippen LogP contribution in [-0.2, 0) is 33.6 Å². The molecular weight excluding hydrogens is 462 g/mol. The van der Waals surface area contributed by atoms with Crippen LogP contribution in [0, 0.1) is 0 Å². The summed E-state index contributed by atoms with van der Waals surface area (Å²) >= 11 is 0. The average Bonchev–Trinajstić information content (AvgIpc) is 2.71. The SMILES string of the molecule is NCCCC[C@H](N)C(=O)N[C@@H](CC(=O)O)C(=O)N[C@@H](CC(=O)O)C(=O)N[C@@H](CC(=O)O)C(=O)O. The number of carboxylic acids is 4. The highest BCUT2D eigenvalue weighted by molar-refractivity contribution is 5.97. The average molecular weight is 491 g/mol. The van der Waals surface area contributed by atoms with Crippen LogP contribution < -0.4 is 27.4 Å². The fourth-order valence-electron chi connectivity index (χ4n) is 2.61. The Morgan fingerprint density at radius 1 is 0.618 bits per heavy atom. The predicted octanol–water partition coefficient (Wildman–Crippen LogP) is -3.59. The predicted molar refractivity (Wildman–Crippen MR) is 111 cm³/mol. The van der Waals surface area contributed by atoms with Gasteiger partial charge in [-0.1, -0.05) is 6.42 Å². The number of hydrogen-bond donors (Lipinski definition) is 9. The lowest BCUT2D eigenvalue weighted by molar-refractivity contribution is -0.148. The highest BCUT2D eigenvalue weighted by Gasteiger charge is 2.33. The molecule has 0 saturated carbocycles. The zero-order valence-corrected chi connectivity index (χ0v) is 18.1. The summed E-state index contributed by atoms with van der Waals surface area (Å²) in [7, 11) is 0. The standard InChI is InChI=1S/C18H29N5O11/c19-4-2-1-3-8(20)15(30)21-9(5-12(24)25)16(31)22-10(6-13(26)27)17(32)23-11(18(33)34)7-14(28)29/h8-11H,1-7,19-20H2,(H,21,30)(H,22,31)(H,23,32)(H,24,25)(H,26,27)(H,28,29)(H,33,34)/t8-,9-,10-,11-/m0/s1. The monoisotopic (exact) mass is 491 g/mol. The molecular formula is C18H29N5O11. The number of carbonyl (C=O) groups excluding carboxylic acids is 3. The normalized spacial score (nSPS) is 14.1. The van der Waals surface area contributed by atoms with E-state index in [9.17, 15) is 33.6 Å². The number of nitrogens with two attached hydrogens (primary N) is 2. The van der Waals surface area contributed by atoms with E-state index in [1.54, 1.807) is 5.32 Å². The number of unbranched alkanes of at least 4 members (excludes halogenated alkanes) is 1. The van der Waals surface area contributed by atoms with Gasteiger partial charge in [0.1, 0.15) is 18.1 Å². The van der Waals surface area contributed by atoms with Gasteiger partial charge < -0.3 is 47.8 Å². The van der Waals surface area contributed by atoms with Gasteiger partial charge in [-0.25, -0.2) is 4.79 Å². The Morgan fingerprint density at radius 2 is 1.00 bits per heavy atom. The van der Waals surface area contributed by atoms with Gasteiger partial charge in [0.15, 0.2) is 0 Å². The molecule has 0 saturated heterocycles. The largest absolute Gasteiger partial charge is 0.481 e. The van der Waals surface area contributed by atoms with E-state index in [2.05, 4.69) is 5.32 Å². The highest BCUT2D eigenvalue weighted by atomic mass is 16.4. The summed E-state index contributed by atoms with van der Waals surface area (Å²) in [5.41, 5.74) is 11.0. The summed E-state index contributed by atoms with van der Waals surface area (Å²) < 4.78 is 0. The molecule has 0 radical (unpaired) electrons. The second-order valence-electron chi connectivity index (χ2n) is 7.21. The summed E-state index contributed by atoms with van der Waals surface area (Å²) in [5.74, 6) is -9.87. The van der Waals surface area contributed by atoms with Crippen LogP contribution in [-0.4, -0.2) is 92.7 Å². The smallest absolute Gasteiger partial charge is 0.326 e. The fourth-order valence-corrected chi connectivity index (χ4v) is 2.61. The molecule has 11 N–H and O–H groups in total. The molecule has 16 heteroatoms. The molecule has 0 aliphatic carbocycles. The van der Waals surface area contributed by atoms with Crippen molar-refractivity contribution in [2.45, 2.75) is 62.7 Å². The van der Waals surface area contributed by atoms with Crippen molar-refractivity contribution in [1.82, 2.24) is 16.0 Å². The Labute approximate surface area is 193 Å². The van der Waals surface area contributed by atoms with Crippen molar-refractivity contribution in [3.8, 4) is 0 Å². The van der Waals surface area contributed by atoms with Crippen LogP contribution in [0.2, 0.25) is 0 Å². The van der Waals surface area contributed by atoms with Crippen molar-refractivity contribution < 1.29 is 54.0 Å². The third kappa shape index (κ3) is 12.3. The molecule has 0 aromatic heterocycles. The molecule has 0 heterocycles. The lowest BCUT2D eigenvalue weighted by Gasteiger charge is -2.23. The quantitative estimate of drug-likeness (QED) is 0.0890. The van der Waals surface area contributed by atoms with E-state index in [-0.39, 0.29) is 6.42 Å². The molecule has 0 aromatic rings. The first kappa shape index (κ1) is 30.2. The van der Waals surface area contributed by atoms with Gasteiger partial charge in [0.2, 0.25) is 17.7 Å². The van der Waals surface area contributed by atoms with Crippen LogP contribution >= 0.6 is 0 Å². The number of carbonyl (C=O) groups is 7. The molecule has 16 nitrogen and oxygen atoms in total. The minimum atomic E-state index is -1.93. The number of aliphatic carboxylic acids is 4. The van der Waals surface area contributed by atoms with E-state index in [1.807, 2.05) is 5.32 Å². The van der Waals surface area contributed by atoms with Gasteiger partial charge in [-0.15, -0.1) is 0 Å². The first-order chi connectivity index (χ1) is 15.8. The third-order valence-electron chi connectivity index (χ3n) is 4.32. The van der Waals surface area contributed by atoms with Crippen molar-refractivity contribution in [1.29, 1.82) is 0 Å². The summed E-state index contributed by atoms with van der Waals surface area (Å²) in [6, 6.07) is -6.68. The number of rotatable bonds is 17. The Bertz CT molecular complexity index is 788. The molecule has 3 amide bonds. The molecule has 0 aliphatic heterocycles. The van der Waals surface area contributed by atoms with Crippen molar-refractivity contribution in [3.05, 3.63) is 0 Å². The van der Waals surface area contributed by atoms with E-state index in [0.29, 0.717) is 19.4 Å². The fraction of sp³-hybridized carbons (Fsp3) is 0.611. The number of carboxylic acid groups (broad SMARTS) is 4. The minimum Gasteiger partial charge on any atom is -0.481 e. The molecule has 0 unspecified atom stereocenters. The molecule has 0 spiro atoms. The third-order valence-corrected chi connectivity index (χ3v) is 4.32. The van der Waals surface area contributed by atoms with Gasteiger partial charge in [-0.2, -0.15) is 0 Å². The van der Waals surface area contributed by atoms with Gasteiger partial charge in [-0.3, -0.25) is 28.8 Å². The Balaban J connectivity index is 5.48. The Hall–Kier alpha value is -3.79. The first-order valence-electron chi connectivity index (χ1n) is 10.0. The zero-order valence-electron chi connectivity index (χ0n) is 18.1. The summed E-state index contributed by atoms with van der Waals surface area (Å²) in [5, 5.41) is 41.7. The van der Waals surface area contributed by atoms with Gasteiger partial charge in [0.25, 0.3) is 0 Å². The van der Waals surface area contributed by atoms with Crippen LogP contribution in [0.25, 0.3) is 0 Å². The maximum absolute atomic E-state index is 12.6. The lowest BCUT2D eigenvalue weighted by atomic mass is 10.1. The second-order valence-corrected chi connectivity index (χ2v) is 7.21.